The van der Waals surface area contributed by atoms with E-state index in [-0.39, 0.29) is 23.7 Å². The molecule has 0 bridgehead atoms. The fourth-order valence-corrected chi connectivity index (χ4v) is 14.0. The molecule has 0 radical (unpaired) electrons. The second-order valence-electron chi connectivity index (χ2n) is 16.0. The third-order valence-corrected chi connectivity index (χ3v) is 16.0. The van der Waals surface area contributed by atoms with Gasteiger partial charge in [-0.05, 0) is 113 Å². The molecule has 6 rings (SSSR count). The van der Waals surface area contributed by atoms with E-state index in [0.29, 0.717) is 32.7 Å². The first-order valence-corrected chi connectivity index (χ1v) is 19.0. The van der Waals surface area contributed by atoms with Crippen LogP contribution in [0, 0.1) is 52.8 Å². The van der Waals surface area contributed by atoms with Gasteiger partial charge in [-0.1, -0.05) is 47.0 Å². The van der Waals surface area contributed by atoms with Crippen LogP contribution >= 0.6 is 23.5 Å². The van der Waals surface area contributed by atoms with Crippen molar-refractivity contribution < 1.29 is 9.59 Å². The van der Waals surface area contributed by atoms with Gasteiger partial charge in [-0.3, -0.25) is 9.59 Å². The van der Waals surface area contributed by atoms with E-state index in [1.165, 1.54) is 70.6 Å². The first-order valence-electron chi connectivity index (χ1n) is 17.1. The topological polar surface area (TPSA) is 34.1 Å². The summed E-state index contributed by atoms with van der Waals surface area (Å²) in [6.07, 6.45) is 20.3. The van der Waals surface area contributed by atoms with Gasteiger partial charge in [-0.2, -0.15) is 23.5 Å². The largest absolute Gasteiger partial charge is 0.299 e. The zero-order chi connectivity index (χ0) is 27.3. The Hall–Kier alpha value is 0.0400. The van der Waals surface area contributed by atoms with E-state index in [1.807, 2.05) is 0 Å². The van der Waals surface area contributed by atoms with Crippen molar-refractivity contribution in [2.45, 2.75) is 151 Å². The number of thioether (sulfide) groups is 2. The zero-order valence-corrected chi connectivity index (χ0v) is 27.0. The number of ketones is 2. The number of fused-ring (bicyclic) bond motifs is 3. The van der Waals surface area contributed by atoms with E-state index in [0.717, 1.165) is 61.0 Å². The lowest BCUT2D eigenvalue weighted by molar-refractivity contribution is -0.150. The molecule has 39 heavy (non-hydrogen) atoms. The van der Waals surface area contributed by atoms with E-state index in [1.54, 1.807) is 0 Å². The second kappa shape index (κ2) is 12.0. The summed E-state index contributed by atoms with van der Waals surface area (Å²) in [4.78, 5) is 28.5. The van der Waals surface area contributed by atoms with Crippen LogP contribution in [0.25, 0.3) is 0 Å². The Morgan fingerprint density at radius 2 is 1.10 bits per heavy atom. The number of hydrogen-bond donors (Lipinski definition) is 0. The number of hydrogen-bond acceptors (Lipinski definition) is 4. The first-order chi connectivity index (χ1) is 18.7. The maximum atomic E-state index is 14.3. The van der Waals surface area contributed by atoms with Gasteiger partial charge < -0.3 is 0 Å². The molecular formula is C35H56O2S2. The van der Waals surface area contributed by atoms with Gasteiger partial charge in [0.2, 0.25) is 0 Å². The third kappa shape index (κ3) is 6.09. The third-order valence-electron chi connectivity index (χ3n) is 12.5. The van der Waals surface area contributed by atoms with Crippen LogP contribution in [-0.4, -0.2) is 32.6 Å². The lowest BCUT2D eigenvalue weighted by Crippen LogP contribution is -2.56. The van der Waals surface area contributed by atoms with Crippen LogP contribution in [0.5, 0.6) is 0 Å². The molecule has 0 aromatic heterocycles. The molecule has 6 saturated carbocycles. The molecule has 10 unspecified atom stereocenters. The minimum Gasteiger partial charge on any atom is -0.299 e. The van der Waals surface area contributed by atoms with Crippen molar-refractivity contribution in [2.75, 3.05) is 0 Å². The van der Waals surface area contributed by atoms with Crippen LogP contribution in [-0.2, 0) is 9.59 Å². The van der Waals surface area contributed by atoms with Gasteiger partial charge in [-0.15, -0.1) is 0 Å². The van der Waals surface area contributed by atoms with Crippen LogP contribution in [0.2, 0.25) is 0 Å². The standard InChI is InChI=1S/C35H56O2S2/c1-21-11-12-23-20-26(16-13-22(23)19-21)39-30-10-6-8-28-32(30)34(37)27-7-5-9-29(31(27)33(28)36)38-25-17-14-24(15-18-25)35(2,3)4/h21-32H,5-20H2,1-4H3. The fourth-order valence-electron chi connectivity index (χ4n) is 10.3. The zero-order valence-electron chi connectivity index (χ0n) is 25.4. The normalized spacial score (nSPS) is 47.2. The molecule has 0 amide bonds. The van der Waals surface area contributed by atoms with E-state index in [4.69, 9.17) is 0 Å². The average Bonchev–Trinajstić information content (AvgIpc) is 2.91. The summed E-state index contributed by atoms with van der Waals surface area (Å²) in [7, 11) is 0. The van der Waals surface area contributed by atoms with E-state index >= 15 is 0 Å². The molecular weight excluding hydrogens is 517 g/mol. The summed E-state index contributed by atoms with van der Waals surface area (Å²) in [5, 5.41) is 2.22. The molecule has 4 heteroatoms. The predicted octanol–water partition coefficient (Wildman–Crippen LogP) is 9.38. The molecule has 0 aliphatic heterocycles. The van der Waals surface area contributed by atoms with Crippen molar-refractivity contribution in [1.29, 1.82) is 0 Å². The highest BCUT2D eigenvalue weighted by molar-refractivity contribution is 8.00. The summed E-state index contributed by atoms with van der Waals surface area (Å²) < 4.78 is 0. The van der Waals surface area contributed by atoms with Gasteiger partial charge in [0, 0.05) is 44.7 Å². The minimum absolute atomic E-state index is 0.0289. The second-order valence-corrected chi connectivity index (χ2v) is 19.1. The summed E-state index contributed by atoms with van der Waals surface area (Å²) >= 11 is 4.33. The molecule has 220 valence electrons. The van der Waals surface area contributed by atoms with Gasteiger partial charge in [0.05, 0.1) is 0 Å². The average molecular weight is 573 g/mol. The molecule has 10 atom stereocenters. The molecule has 0 spiro atoms. The van der Waals surface area contributed by atoms with Gasteiger partial charge >= 0.3 is 0 Å². The lowest BCUT2D eigenvalue weighted by Gasteiger charge is -2.50. The van der Waals surface area contributed by atoms with Gasteiger partial charge in [0.25, 0.3) is 0 Å². The minimum atomic E-state index is 0.0289. The summed E-state index contributed by atoms with van der Waals surface area (Å²) in [5.41, 5.74) is 0.413. The lowest BCUT2D eigenvalue weighted by atomic mass is 9.58. The SMILES string of the molecule is CC1CCC2CC(SC3CCCC4C(=O)C5C(SC6CCC(C(C)(C)C)CC6)CCCC5C(=O)C34)CCC2C1. The maximum Gasteiger partial charge on any atom is 0.141 e. The van der Waals surface area contributed by atoms with Crippen LogP contribution in [0.15, 0.2) is 0 Å². The Morgan fingerprint density at radius 3 is 1.69 bits per heavy atom. The number of carbonyl (C=O) groups excluding carboxylic acids is 2. The molecule has 0 heterocycles. The van der Waals surface area contributed by atoms with E-state index in [9.17, 15) is 9.59 Å². The molecule has 6 aliphatic carbocycles. The fraction of sp³-hybridized carbons (Fsp3) is 0.943. The van der Waals surface area contributed by atoms with Crippen molar-refractivity contribution >= 4 is 35.1 Å². The molecule has 2 nitrogen and oxygen atoms in total. The number of rotatable bonds is 4. The molecule has 0 saturated heterocycles. The Bertz CT molecular complexity index is 886. The Kier molecular flexibility index (Phi) is 8.94. The summed E-state index contributed by atoms with van der Waals surface area (Å²) in [6, 6.07) is 0. The maximum absolute atomic E-state index is 14.3. The smallest absolute Gasteiger partial charge is 0.141 e. The highest BCUT2D eigenvalue weighted by atomic mass is 32.2. The Morgan fingerprint density at radius 1 is 0.590 bits per heavy atom. The quantitative estimate of drug-likeness (QED) is 0.336. The van der Waals surface area contributed by atoms with Crippen LogP contribution in [0.1, 0.15) is 130 Å². The highest BCUT2D eigenvalue weighted by Gasteiger charge is 2.56. The van der Waals surface area contributed by atoms with Gasteiger partial charge in [0.15, 0.2) is 0 Å². The van der Waals surface area contributed by atoms with Crippen molar-refractivity contribution in [3.8, 4) is 0 Å². The van der Waals surface area contributed by atoms with Crippen LogP contribution in [0.4, 0.5) is 0 Å². The first kappa shape index (κ1) is 29.1. The van der Waals surface area contributed by atoms with Crippen LogP contribution < -0.4 is 0 Å². The summed E-state index contributed by atoms with van der Waals surface area (Å²) in [5.74, 6) is 4.84. The van der Waals surface area contributed by atoms with Gasteiger partial charge in [0.1, 0.15) is 11.6 Å². The van der Waals surface area contributed by atoms with Crippen LogP contribution in [0.3, 0.4) is 0 Å². The highest BCUT2D eigenvalue weighted by Crippen LogP contribution is 2.55. The van der Waals surface area contributed by atoms with Crippen molar-refractivity contribution in [1.82, 2.24) is 0 Å². The molecule has 0 aromatic carbocycles. The molecule has 0 aromatic rings. The Labute approximate surface area is 248 Å². The monoisotopic (exact) mass is 572 g/mol. The molecule has 6 fully saturated rings. The van der Waals surface area contributed by atoms with Crippen molar-refractivity contribution in [3.05, 3.63) is 0 Å². The molecule has 0 N–H and O–H groups in total. The van der Waals surface area contributed by atoms with E-state index in [2.05, 4.69) is 51.2 Å². The van der Waals surface area contributed by atoms with Crippen molar-refractivity contribution in [2.24, 2.45) is 52.8 Å². The number of Topliss-reactive ketones (excluding diaryl/α,β-unsaturated/α-hetero) is 2. The van der Waals surface area contributed by atoms with Crippen molar-refractivity contribution in [3.63, 3.8) is 0 Å². The van der Waals surface area contributed by atoms with Gasteiger partial charge in [-0.25, -0.2) is 0 Å². The summed E-state index contributed by atoms with van der Waals surface area (Å²) in [6.45, 7) is 9.65. The number of carbonyl (C=O) groups is 2. The van der Waals surface area contributed by atoms with E-state index < -0.39 is 0 Å². The molecule has 6 aliphatic rings. The predicted molar refractivity (Wildman–Crippen MR) is 167 cm³/mol. The Balaban J connectivity index is 1.10.